The van der Waals surface area contributed by atoms with Crippen molar-refractivity contribution in [1.82, 2.24) is 10.6 Å². The van der Waals surface area contributed by atoms with Crippen LogP contribution in [0.2, 0.25) is 0 Å². The molecular weight excluding hydrogens is 168 g/mol. The maximum Gasteiger partial charge on any atom is 0.237 e. The molecule has 1 fully saturated rings. The molecule has 3 N–H and O–H groups in total. The number of amides is 1. The van der Waals surface area contributed by atoms with E-state index in [1.165, 1.54) is 0 Å². The van der Waals surface area contributed by atoms with Crippen LogP contribution in [0.3, 0.4) is 0 Å². The summed E-state index contributed by atoms with van der Waals surface area (Å²) in [5, 5.41) is 14.8. The first kappa shape index (κ1) is 10.5. The monoisotopic (exact) mass is 186 g/mol. The summed E-state index contributed by atoms with van der Waals surface area (Å²) < 4.78 is 0. The Hall–Kier alpha value is -0.610. The van der Waals surface area contributed by atoms with Gasteiger partial charge in [0.2, 0.25) is 5.91 Å². The lowest BCUT2D eigenvalue weighted by molar-refractivity contribution is -0.124. The highest BCUT2D eigenvalue weighted by atomic mass is 16.3. The van der Waals surface area contributed by atoms with Crippen LogP contribution >= 0.6 is 0 Å². The summed E-state index contributed by atoms with van der Waals surface area (Å²) in [5.41, 5.74) is 0. The number of piperidine rings is 1. The summed E-state index contributed by atoms with van der Waals surface area (Å²) in [6.45, 7) is 2.93. The summed E-state index contributed by atoms with van der Waals surface area (Å²) in [6.07, 6.45) is 2.71. The Bertz CT molecular complexity index is 165. The third kappa shape index (κ3) is 3.74. The number of rotatable bonds is 3. The van der Waals surface area contributed by atoms with Gasteiger partial charge in [-0.15, -0.1) is 0 Å². The molecule has 0 spiro atoms. The van der Waals surface area contributed by atoms with E-state index in [-0.39, 0.29) is 11.9 Å². The normalized spacial score (nSPS) is 25.2. The van der Waals surface area contributed by atoms with Crippen molar-refractivity contribution in [3.8, 4) is 0 Å². The number of carbonyl (C=O) groups excluding carboxylic acids is 1. The quantitative estimate of drug-likeness (QED) is 0.563. The van der Waals surface area contributed by atoms with E-state index in [1.807, 2.05) is 0 Å². The minimum atomic E-state index is -0.465. The predicted molar refractivity (Wildman–Crippen MR) is 50.3 cm³/mol. The first-order chi connectivity index (χ1) is 6.20. The second-order valence-electron chi connectivity index (χ2n) is 3.60. The Morgan fingerprint density at radius 1 is 1.69 bits per heavy atom. The third-order valence-corrected chi connectivity index (χ3v) is 2.20. The van der Waals surface area contributed by atoms with Gasteiger partial charge in [-0.3, -0.25) is 4.79 Å². The van der Waals surface area contributed by atoms with Gasteiger partial charge < -0.3 is 15.7 Å². The van der Waals surface area contributed by atoms with Crippen molar-refractivity contribution in [3.63, 3.8) is 0 Å². The van der Waals surface area contributed by atoms with Gasteiger partial charge in [0, 0.05) is 6.54 Å². The van der Waals surface area contributed by atoms with E-state index in [0.717, 1.165) is 25.8 Å². The van der Waals surface area contributed by atoms with Crippen LogP contribution in [0.4, 0.5) is 0 Å². The second-order valence-corrected chi connectivity index (χ2v) is 3.60. The Kier molecular flexibility index (Phi) is 4.18. The van der Waals surface area contributed by atoms with Crippen LogP contribution in [0.5, 0.6) is 0 Å². The molecule has 1 saturated heterocycles. The molecule has 0 saturated carbocycles. The first-order valence-corrected chi connectivity index (χ1v) is 4.89. The lowest BCUT2D eigenvalue weighted by atomic mass is 10.0. The molecule has 1 amide bonds. The Morgan fingerprint density at radius 3 is 3.00 bits per heavy atom. The molecule has 1 rings (SSSR count). The fourth-order valence-corrected chi connectivity index (χ4v) is 1.45. The van der Waals surface area contributed by atoms with Crippen molar-refractivity contribution in [1.29, 1.82) is 0 Å². The Morgan fingerprint density at radius 2 is 2.46 bits per heavy atom. The van der Waals surface area contributed by atoms with E-state index in [1.54, 1.807) is 6.92 Å². The smallest absolute Gasteiger partial charge is 0.237 e. The molecule has 0 aromatic heterocycles. The van der Waals surface area contributed by atoms with Crippen LogP contribution in [0.25, 0.3) is 0 Å². The van der Waals surface area contributed by atoms with E-state index >= 15 is 0 Å². The molecule has 76 valence electrons. The van der Waals surface area contributed by atoms with Gasteiger partial charge in [0.15, 0.2) is 0 Å². The fraction of sp³-hybridized carbons (Fsp3) is 0.889. The van der Waals surface area contributed by atoms with E-state index in [0.29, 0.717) is 6.54 Å². The average molecular weight is 186 g/mol. The van der Waals surface area contributed by atoms with Gasteiger partial charge in [0.25, 0.3) is 0 Å². The topological polar surface area (TPSA) is 61.4 Å². The van der Waals surface area contributed by atoms with Gasteiger partial charge in [0.1, 0.15) is 0 Å². The van der Waals surface area contributed by atoms with Crippen LogP contribution < -0.4 is 10.6 Å². The molecule has 1 heterocycles. The molecule has 0 bridgehead atoms. The number of aliphatic hydroxyl groups excluding tert-OH is 1. The first-order valence-electron chi connectivity index (χ1n) is 4.89. The van der Waals surface area contributed by atoms with Crippen molar-refractivity contribution < 1.29 is 9.90 Å². The minimum absolute atomic E-state index is 0.0144. The van der Waals surface area contributed by atoms with E-state index < -0.39 is 6.10 Å². The highest BCUT2D eigenvalue weighted by Gasteiger charge is 2.19. The molecule has 0 aliphatic carbocycles. The Labute approximate surface area is 78.7 Å². The fourth-order valence-electron chi connectivity index (χ4n) is 1.45. The Balaban J connectivity index is 2.21. The molecular formula is C9H18N2O2. The SMILES string of the molecule is C[C@@H](O)CNC(=O)[C@@H]1CCCCN1. The maximum absolute atomic E-state index is 11.4. The molecule has 0 aromatic rings. The van der Waals surface area contributed by atoms with Crippen molar-refractivity contribution in [2.45, 2.75) is 38.3 Å². The van der Waals surface area contributed by atoms with Crippen LogP contribution in [-0.2, 0) is 4.79 Å². The van der Waals surface area contributed by atoms with Crippen molar-refractivity contribution >= 4 is 5.91 Å². The van der Waals surface area contributed by atoms with Crippen molar-refractivity contribution in [3.05, 3.63) is 0 Å². The predicted octanol–water partition coefficient (Wildman–Crippen LogP) is -0.374. The highest BCUT2D eigenvalue weighted by Crippen LogP contribution is 2.06. The van der Waals surface area contributed by atoms with Gasteiger partial charge in [-0.25, -0.2) is 0 Å². The second kappa shape index (κ2) is 5.19. The maximum atomic E-state index is 11.4. The number of aliphatic hydroxyl groups is 1. The number of hydrogen-bond acceptors (Lipinski definition) is 3. The van der Waals surface area contributed by atoms with Gasteiger partial charge in [-0.1, -0.05) is 6.42 Å². The highest BCUT2D eigenvalue weighted by molar-refractivity contribution is 5.81. The molecule has 0 unspecified atom stereocenters. The van der Waals surface area contributed by atoms with Gasteiger partial charge in [-0.2, -0.15) is 0 Å². The number of hydrogen-bond donors (Lipinski definition) is 3. The summed E-state index contributed by atoms with van der Waals surface area (Å²) >= 11 is 0. The zero-order valence-electron chi connectivity index (χ0n) is 8.05. The largest absolute Gasteiger partial charge is 0.392 e. The van der Waals surface area contributed by atoms with Crippen LogP contribution in [-0.4, -0.2) is 36.2 Å². The van der Waals surface area contributed by atoms with E-state index in [9.17, 15) is 4.79 Å². The summed E-state index contributed by atoms with van der Waals surface area (Å²) in [5.74, 6) is 0.0144. The van der Waals surface area contributed by atoms with E-state index in [4.69, 9.17) is 5.11 Å². The zero-order valence-corrected chi connectivity index (χ0v) is 8.05. The summed E-state index contributed by atoms with van der Waals surface area (Å²) in [6, 6.07) is -0.0486. The zero-order chi connectivity index (χ0) is 9.68. The standard InChI is InChI=1S/C9H18N2O2/c1-7(12)6-11-9(13)8-4-2-3-5-10-8/h7-8,10,12H,2-6H2,1H3,(H,11,13)/t7-,8+/m1/s1. The van der Waals surface area contributed by atoms with E-state index in [2.05, 4.69) is 10.6 Å². The molecule has 1 aliphatic rings. The number of carbonyl (C=O) groups is 1. The molecule has 2 atom stereocenters. The van der Waals surface area contributed by atoms with Crippen molar-refractivity contribution in [2.24, 2.45) is 0 Å². The van der Waals surface area contributed by atoms with Gasteiger partial charge >= 0.3 is 0 Å². The van der Waals surface area contributed by atoms with Crippen LogP contribution in [0.1, 0.15) is 26.2 Å². The molecule has 0 radical (unpaired) electrons. The van der Waals surface area contributed by atoms with Crippen LogP contribution in [0.15, 0.2) is 0 Å². The minimum Gasteiger partial charge on any atom is -0.392 e. The lowest BCUT2D eigenvalue weighted by Gasteiger charge is -2.22. The van der Waals surface area contributed by atoms with Gasteiger partial charge in [0.05, 0.1) is 12.1 Å². The molecule has 4 heteroatoms. The summed E-state index contributed by atoms with van der Waals surface area (Å²) in [7, 11) is 0. The lowest BCUT2D eigenvalue weighted by Crippen LogP contribution is -2.47. The van der Waals surface area contributed by atoms with Crippen LogP contribution in [0, 0.1) is 0 Å². The molecule has 4 nitrogen and oxygen atoms in total. The van der Waals surface area contributed by atoms with Gasteiger partial charge in [-0.05, 0) is 26.3 Å². The molecule has 0 aromatic carbocycles. The van der Waals surface area contributed by atoms with Crippen molar-refractivity contribution in [2.75, 3.05) is 13.1 Å². The number of nitrogens with one attached hydrogen (secondary N) is 2. The molecule has 13 heavy (non-hydrogen) atoms. The average Bonchev–Trinajstić information content (AvgIpc) is 2.15. The summed E-state index contributed by atoms with van der Waals surface area (Å²) in [4.78, 5) is 11.4. The molecule has 1 aliphatic heterocycles. The third-order valence-electron chi connectivity index (χ3n) is 2.20.